The van der Waals surface area contributed by atoms with E-state index in [9.17, 15) is 22.8 Å². The van der Waals surface area contributed by atoms with E-state index in [1.165, 1.54) is 31.9 Å². The number of aryl methyl sites for hydroxylation is 3. The minimum Gasteiger partial charge on any atom is -0.382 e. The molecule has 0 unspecified atom stereocenters. The molecule has 10 heteroatoms. The van der Waals surface area contributed by atoms with E-state index >= 15 is 0 Å². The maximum absolute atomic E-state index is 13.9. The first kappa shape index (κ1) is 28.7. The number of rotatable bonds is 6. The van der Waals surface area contributed by atoms with Crippen molar-refractivity contribution in [3.8, 4) is 0 Å². The third kappa shape index (κ3) is 6.11. The number of carbonyl (C=O) groups excluding carboxylic acids is 2. The molecular weight excluding hydrogens is 533 g/mol. The number of nitrogens with zero attached hydrogens (tertiary/aromatic N) is 2. The molecule has 41 heavy (non-hydrogen) atoms. The average Bonchev–Trinajstić information content (AvgIpc) is 3.57. The summed E-state index contributed by atoms with van der Waals surface area (Å²) in [6, 6.07) is 11.4. The van der Waals surface area contributed by atoms with Gasteiger partial charge in [0.05, 0.1) is 23.2 Å². The number of nitrogens with one attached hydrogen (secondary N) is 2. The third-order valence-electron chi connectivity index (χ3n) is 8.26. The van der Waals surface area contributed by atoms with Gasteiger partial charge < -0.3 is 20.1 Å². The summed E-state index contributed by atoms with van der Waals surface area (Å²) in [5, 5.41) is 10.2. The molecule has 2 heterocycles. The van der Waals surface area contributed by atoms with Gasteiger partial charge in [-0.05, 0) is 81.8 Å². The predicted molar refractivity (Wildman–Crippen MR) is 150 cm³/mol. The fourth-order valence-corrected chi connectivity index (χ4v) is 6.16. The second-order valence-electron chi connectivity index (χ2n) is 11.2. The topological polar surface area (TPSA) is 87.5 Å². The fraction of sp³-hybridized carbons (Fsp3) is 0.452. The molecular formula is C31H35F3N4O3. The Balaban J connectivity index is 1.46. The van der Waals surface area contributed by atoms with Crippen LogP contribution < -0.4 is 10.6 Å². The summed E-state index contributed by atoms with van der Waals surface area (Å²) in [7, 11) is 0. The van der Waals surface area contributed by atoms with Gasteiger partial charge in [0.15, 0.2) is 0 Å². The third-order valence-corrected chi connectivity index (χ3v) is 8.26. The summed E-state index contributed by atoms with van der Waals surface area (Å²) in [5.74, 6) is -1.01. The molecule has 2 atom stereocenters. The van der Waals surface area contributed by atoms with Crippen LogP contribution in [0, 0.1) is 26.7 Å². The first-order valence-corrected chi connectivity index (χ1v) is 14.1. The van der Waals surface area contributed by atoms with Gasteiger partial charge in [-0.15, -0.1) is 0 Å². The minimum absolute atomic E-state index is 0.0666. The monoisotopic (exact) mass is 568 g/mol. The number of likely N-dealkylation sites (tertiary alicyclic amines) is 1. The summed E-state index contributed by atoms with van der Waals surface area (Å²) in [5.41, 5.74) is 1.93. The van der Waals surface area contributed by atoms with E-state index < -0.39 is 29.6 Å². The Kier molecular flexibility index (Phi) is 8.11. The van der Waals surface area contributed by atoms with Crippen molar-refractivity contribution < 1.29 is 27.3 Å². The first-order valence-electron chi connectivity index (χ1n) is 14.1. The van der Waals surface area contributed by atoms with Gasteiger partial charge in [0.25, 0.3) is 5.91 Å². The molecule has 5 rings (SSSR count). The number of benzene rings is 2. The molecule has 1 saturated heterocycles. The smallest absolute Gasteiger partial charge is 0.382 e. The summed E-state index contributed by atoms with van der Waals surface area (Å²) in [6.07, 6.45) is 1.17. The molecule has 1 aliphatic heterocycles. The van der Waals surface area contributed by atoms with E-state index in [0.717, 1.165) is 30.2 Å². The van der Waals surface area contributed by atoms with Crippen LogP contribution in [0.15, 0.2) is 47.0 Å². The van der Waals surface area contributed by atoms with E-state index in [-0.39, 0.29) is 17.2 Å². The van der Waals surface area contributed by atoms with Gasteiger partial charge >= 0.3 is 6.18 Å². The van der Waals surface area contributed by atoms with Crippen molar-refractivity contribution in [3.05, 3.63) is 76.2 Å². The Bertz CT molecular complexity index is 1390. The molecule has 2 fully saturated rings. The standard InChI is InChI=1S/C31H35F3N4O3/c1-18-10-13-24(17-26(18)31(32,33)34)36-29(39)25-9-6-16-38(30(40)27-19(2)37-41-20(27)3)28(25)21-11-14-23(15-12-21)35-22-7-4-5-8-22/h10-15,17,22,25,28,35H,4-9,16H2,1-3H3,(H,36,39)/t25-,28-/m0/s1. The molecule has 2 amide bonds. The van der Waals surface area contributed by atoms with Gasteiger partial charge in [0.2, 0.25) is 5.91 Å². The number of halogens is 3. The minimum atomic E-state index is -4.54. The first-order chi connectivity index (χ1) is 19.5. The van der Waals surface area contributed by atoms with Gasteiger partial charge in [0, 0.05) is 24.0 Å². The normalized spacial score (nSPS) is 19.8. The lowest BCUT2D eigenvalue weighted by atomic mass is 9.83. The van der Waals surface area contributed by atoms with Gasteiger partial charge in [-0.1, -0.05) is 36.2 Å². The Morgan fingerprint density at radius 1 is 0.951 bits per heavy atom. The van der Waals surface area contributed by atoms with E-state index in [1.807, 2.05) is 24.3 Å². The van der Waals surface area contributed by atoms with Crippen molar-refractivity contribution in [1.82, 2.24) is 10.1 Å². The lowest BCUT2D eigenvalue weighted by Gasteiger charge is -2.41. The number of carbonyl (C=O) groups is 2. The summed E-state index contributed by atoms with van der Waals surface area (Å²) in [4.78, 5) is 29.2. The van der Waals surface area contributed by atoms with Crippen LogP contribution in [-0.4, -0.2) is 34.5 Å². The summed E-state index contributed by atoms with van der Waals surface area (Å²) < 4.78 is 45.8. The Morgan fingerprint density at radius 3 is 2.27 bits per heavy atom. The molecule has 2 aliphatic rings. The van der Waals surface area contributed by atoms with E-state index in [1.54, 1.807) is 18.7 Å². The van der Waals surface area contributed by atoms with Crippen molar-refractivity contribution >= 4 is 23.2 Å². The van der Waals surface area contributed by atoms with Crippen molar-refractivity contribution in [2.24, 2.45) is 5.92 Å². The lowest BCUT2D eigenvalue weighted by molar-refractivity contribution is -0.138. The lowest BCUT2D eigenvalue weighted by Crippen LogP contribution is -2.46. The molecule has 218 valence electrons. The van der Waals surface area contributed by atoms with Crippen LogP contribution in [0.5, 0.6) is 0 Å². The maximum atomic E-state index is 13.9. The van der Waals surface area contributed by atoms with Crippen molar-refractivity contribution in [1.29, 1.82) is 0 Å². The zero-order valence-corrected chi connectivity index (χ0v) is 23.5. The number of hydrogen-bond acceptors (Lipinski definition) is 5. The SMILES string of the molecule is Cc1ccc(NC(=O)[C@H]2CCCN(C(=O)c3c(C)noc3C)[C@H]2c2ccc(NC3CCCC3)cc2)cc1C(F)(F)F. The number of aromatic nitrogens is 1. The molecule has 1 saturated carbocycles. The van der Waals surface area contributed by atoms with Crippen molar-refractivity contribution in [2.45, 2.75) is 77.6 Å². The Hall–Kier alpha value is -3.82. The van der Waals surface area contributed by atoms with Crippen LogP contribution in [0.25, 0.3) is 0 Å². The molecule has 2 N–H and O–H groups in total. The molecule has 0 spiro atoms. The highest BCUT2D eigenvalue weighted by Gasteiger charge is 2.41. The van der Waals surface area contributed by atoms with Crippen LogP contribution in [0.4, 0.5) is 24.5 Å². The largest absolute Gasteiger partial charge is 0.416 e. The number of piperidine rings is 1. The van der Waals surface area contributed by atoms with E-state index in [4.69, 9.17) is 4.52 Å². The zero-order valence-electron chi connectivity index (χ0n) is 23.5. The van der Waals surface area contributed by atoms with Crippen molar-refractivity contribution in [3.63, 3.8) is 0 Å². The number of hydrogen-bond donors (Lipinski definition) is 2. The number of alkyl halides is 3. The number of amides is 2. The summed E-state index contributed by atoms with van der Waals surface area (Å²) >= 11 is 0. The van der Waals surface area contributed by atoms with Crippen LogP contribution in [0.1, 0.15) is 83.1 Å². The highest BCUT2D eigenvalue weighted by atomic mass is 19.4. The summed E-state index contributed by atoms with van der Waals surface area (Å²) in [6.45, 7) is 5.18. The van der Waals surface area contributed by atoms with E-state index in [0.29, 0.717) is 42.4 Å². The quantitative estimate of drug-likeness (QED) is 0.328. The van der Waals surface area contributed by atoms with Crippen LogP contribution in [-0.2, 0) is 11.0 Å². The maximum Gasteiger partial charge on any atom is 0.416 e. The second-order valence-corrected chi connectivity index (χ2v) is 11.2. The molecule has 0 bridgehead atoms. The van der Waals surface area contributed by atoms with Crippen molar-refractivity contribution in [2.75, 3.05) is 17.2 Å². The van der Waals surface area contributed by atoms with Gasteiger partial charge in [-0.2, -0.15) is 13.2 Å². The highest BCUT2D eigenvalue weighted by molar-refractivity contribution is 5.98. The van der Waals surface area contributed by atoms with Crippen LogP contribution in [0.2, 0.25) is 0 Å². The molecule has 1 aromatic heterocycles. The highest BCUT2D eigenvalue weighted by Crippen LogP contribution is 2.40. The fourth-order valence-electron chi connectivity index (χ4n) is 6.16. The van der Waals surface area contributed by atoms with E-state index in [2.05, 4.69) is 15.8 Å². The molecule has 1 aliphatic carbocycles. The number of anilines is 2. The Morgan fingerprint density at radius 2 is 1.63 bits per heavy atom. The van der Waals surface area contributed by atoms with Gasteiger partial charge in [-0.3, -0.25) is 9.59 Å². The average molecular weight is 569 g/mol. The van der Waals surface area contributed by atoms with Gasteiger partial charge in [-0.25, -0.2) is 0 Å². The zero-order chi connectivity index (χ0) is 29.3. The second kappa shape index (κ2) is 11.6. The molecule has 7 nitrogen and oxygen atoms in total. The predicted octanol–water partition coefficient (Wildman–Crippen LogP) is 7.21. The van der Waals surface area contributed by atoms with Crippen LogP contribution in [0.3, 0.4) is 0 Å². The van der Waals surface area contributed by atoms with Crippen LogP contribution >= 0.6 is 0 Å². The molecule has 3 aromatic rings. The molecule has 0 radical (unpaired) electrons. The van der Waals surface area contributed by atoms with Gasteiger partial charge in [0.1, 0.15) is 11.3 Å². The molecule has 2 aromatic carbocycles. The Labute approximate surface area is 237 Å².